The first kappa shape index (κ1) is 16.8. The lowest BCUT2D eigenvalue weighted by atomic mass is 10.1. The fraction of sp³-hybridized carbons (Fsp3) is 0.136. The first-order valence-electron chi connectivity index (χ1n) is 8.79. The van der Waals surface area contributed by atoms with E-state index in [4.69, 9.17) is 5.26 Å². The molecule has 0 spiro atoms. The van der Waals surface area contributed by atoms with Gasteiger partial charge in [0.05, 0.1) is 35.6 Å². The lowest BCUT2D eigenvalue weighted by Crippen LogP contribution is -2.04. The highest BCUT2D eigenvalue weighted by atomic mass is 15.0. The molecule has 0 aliphatic heterocycles. The minimum Gasteiger partial charge on any atom is -0.377 e. The number of fused-ring (bicyclic) bond motifs is 1. The van der Waals surface area contributed by atoms with Gasteiger partial charge in [0.1, 0.15) is 5.82 Å². The fourth-order valence-corrected chi connectivity index (χ4v) is 3.23. The van der Waals surface area contributed by atoms with Gasteiger partial charge in [0.15, 0.2) is 0 Å². The number of hydrogen-bond donors (Lipinski definition) is 2. The molecule has 27 heavy (non-hydrogen) atoms. The van der Waals surface area contributed by atoms with Crippen LogP contribution in [0.25, 0.3) is 22.2 Å². The van der Waals surface area contributed by atoms with Crippen LogP contribution in [0.15, 0.2) is 54.9 Å². The molecular weight excluding hydrogens is 334 g/mol. The van der Waals surface area contributed by atoms with E-state index in [0.717, 1.165) is 44.8 Å². The highest BCUT2D eigenvalue weighted by Gasteiger charge is 2.09. The molecule has 2 aromatic carbocycles. The molecule has 0 radical (unpaired) electrons. The molecule has 2 N–H and O–H groups in total. The van der Waals surface area contributed by atoms with Crippen molar-refractivity contribution in [2.45, 2.75) is 20.4 Å². The van der Waals surface area contributed by atoms with E-state index in [9.17, 15) is 0 Å². The van der Waals surface area contributed by atoms with Crippen LogP contribution in [-0.2, 0) is 6.54 Å². The van der Waals surface area contributed by atoms with Crippen LogP contribution < -0.4 is 5.32 Å². The van der Waals surface area contributed by atoms with Crippen LogP contribution >= 0.6 is 0 Å². The van der Waals surface area contributed by atoms with E-state index in [0.29, 0.717) is 12.1 Å². The Labute approximate surface area is 157 Å². The average Bonchev–Trinajstić information content (AvgIpc) is 3.16. The molecule has 2 aromatic heterocycles. The molecule has 0 aliphatic carbocycles. The number of nitrogens with one attached hydrogen (secondary N) is 2. The molecule has 2 heterocycles. The van der Waals surface area contributed by atoms with Gasteiger partial charge in [-0.3, -0.25) is 4.98 Å². The highest BCUT2D eigenvalue weighted by Crippen LogP contribution is 2.27. The standard InChI is InChI=1S/C22H19N5/c1-14-5-3-8-18-21(14)25-11-15(2)22(18)26-13-20-24-12-19(27-20)17-7-4-6-16(9-17)10-23/h3-9,11-12H,13H2,1-2H3,(H,24,27)(H,25,26). The monoisotopic (exact) mass is 353 g/mol. The van der Waals surface area contributed by atoms with Gasteiger partial charge in [0.25, 0.3) is 0 Å². The molecule has 0 atom stereocenters. The third-order valence-corrected chi connectivity index (χ3v) is 4.65. The zero-order chi connectivity index (χ0) is 18.8. The normalized spacial score (nSPS) is 10.7. The molecule has 0 amide bonds. The van der Waals surface area contributed by atoms with Gasteiger partial charge in [-0.1, -0.05) is 30.3 Å². The van der Waals surface area contributed by atoms with Crippen LogP contribution in [0.1, 0.15) is 22.5 Å². The van der Waals surface area contributed by atoms with Gasteiger partial charge in [0, 0.05) is 22.8 Å². The molecule has 0 fully saturated rings. The van der Waals surface area contributed by atoms with Crippen molar-refractivity contribution in [3.8, 4) is 17.3 Å². The third kappa shape index (κ3) is 3.25. The van der Waals surface area contributed by atoms with Crippen LogP contribution in [0.2, 0.25) is 0 Å². The number of aryl methyl sites for hydroxylation is 2. The summed E-state index contributed by atoms with van der Waals surface area (Å²) >= 11 is 0. The first-order chi connectivity index (χ1) is 13.2. The van der Waals surface area contributed by atoms with Crippen molar-refractivity contribution in [2.75, 3.05) is 5.32 Å². The van der Waals surface area contributed by atoms with Gasteiger partial charge in [-0.15, -0.1) is 0 Å². The molecule has 0 saturated carbocycles. The molecule has 0 aliphatic rings. The van der Waals surface area contributed by atoms with Crippen molar-refractivity contribution in [2.24, 2.45) is 0 Å². The Morgan fingerprint density at radius 1 is 1.04 bits per heavy atom. The van der Waals surface area contributed by atoms with E-state index in [1.807, 2.05) is 24.4 Å². The Morgan fingerprint density at radius 3 is 2.74 bits per heavy atom. The maximum Gasteiger partial charge on any atom is 0.125 e. The summed E-state index contributed by atoms with van der Waals surface area (Å²) in [6.45, 7) is 4.70. The number of anilines is 1. The van der Waals surface area contributed by atoms with Gasteiger partial charge >= 0.3 is 0 Å². The zero-order valence-electron chi connectivity index (χ0n) is 15.2. The fourth-order valence-electron chi connectivity index (χ4n) is 3.23. The number of benzene rings is 2. The topological polar surface area (TPSA) is 77.4 Å². The first-order valence-corrected chi connectivity index (χ1v) is 8.79. The SMILES string of the molecule is Cc1cnc2c(C)cccc2c1NCc1ncc(-c2cccc(C#N)c2)[nH]1. The van der Waals surface area contributed by atoms with Crippen molar-refractivity contribution in [1.29, 1.82) is 5.26 Å². The van der Waals surface area contributed by atoms with E-state index in [1.54, 1.807) is 12.3 Å². The molecule has 0 saturated heterocycles. The van der Waals surface area contributed by atoms with E-state index < -0.39 is 0 Å². The molecule has 4 rings (SSSR count). The van der Waals surface area contributed by atoms with Gasteiger partial charge in [-0.25, -0.2) is 4.98 Å². The van der Waals surface area contributed by atoms with E-state index >= 15 is 0 Å². The highest BCUT2D eigenvalue weighted by molar-refractivity contribution is 5.94. The van der Waals surface area contributed by atoms with Gasteiger partial charge in [-0.05, 0) is 37.1 Å². The summed E-state index contributed by atoms with van der Waals surface area (Å²) < 4.78 is 0. The van der Waals surface area contributed by atoms with Crippen LogP contribution in [0, 0.1) is 25.2 Å². The Bertz CT molecular complexity index is 1170. The molecule has 132 valence electrons. The number of para-hydroxylation sites is 1. The second-order valence-electron chi connectivity index (χ2n) is 6.58. The Morgan fingerprint density at radius 2 is 1.89 bits per heavy atom. The molecule has 4 aromatic rings. The summed E-state index contributed by atoms with van der Waals surface area (Å²) in [6, 6.07) is 15.9. The van der Waals surface area contributed by atoms with E-state index in [1.165, 1.54) is 0 Å². The number of nitriles is 1. The second-order valence-corrected chi connectivity index (χ2v) is 6.58. The van der Waals surface area contributed by atoms with Crippen LogP contribution in [0.4, 0.5) is 5.69 Å². The van der Waals surface area contributed by atoms with Crippen molar-refractivity contribution in [3.63, 3.8) is 0 Å². The number of hydrogen-bond acceptors (Lipinski definition) is 4. The van der Waals surface area contributed by atoms with Gasteiger partial charge in [0.2, 0.25) is 0 Å². The van der Waals surface area contributed by atoms with Crippen LogP contribution in [0.3, 0.4) is 0 Å². The number of nitrogens with zero attached hydrogens (tertiary/aromatic N) is 3. The molecular formula is C22H19N5. The smallest absolute Gasteiger partial charge is 0.125 e. The Balaban J connectivity index is 1.59. The maximum atomic E-state index is 9.07. The quantitative estimate of drug-likeness (QED) is 0.556. The number of aromatic nitrogens is 3. The van der Waals surface area contributed by atoms with Crippen molar-refractivity contribution >= 4 is 16.6 Å². The summed E-state index contributed by atoms with van der Waals surface area (Å²) in [6.07, 6.45) is 3.70. The third-order valence-electron chi connectivity index (χ3n) is 4.65. The van der Waals surface area contributed by atoms with Crippen molar-refractivity contribution in [3.05, 3.63) is 77.4 Å². The largest absolute Gasteiger partial charge is 0.377 e. The van der Waals surface area contributed by atoms with Gasteiger partial charge < -0.3 is 10.3 Å². The number of H-pyrrole nitrogens is 1. The molecule has 0 bridgehead atoms. The zero-order valence-corrected chi connectivity index (χ0v) is 15.2. The molecule has 5 heteroatoms. The summed E-state index contributed by atoms with van der Waals surface area (Å²) in [4.78, 5) is 12.4. The number of aromatic amines is 1. The Kier molecular flexibility index (Phi) is 4.31. The lowest BCUT2D eigenvalue weighted by Gasteiger charge is -2.12. The van der Waals surface area contributed by atoms with Crippen LogP contribution in [0.5, 0.6) is 0 Å². The minimum absolute atomic E-state index is 0.575. The molecule has 5 nitrogen and oxygen atoms in total. The van der Waals surface area contributed by atoms with Crippen molar-refractivity contribution in [1.82, 2.24) is 15.0 Å². The van der Waals surface area contributed by atoms with Gasteiger partial charge in [-0.2, -0.15) is 5.26 Å². The Hall–Kier alpha value is -3.65. The van der Waals surface area contributed by atoms with E-state index in [-0.39, 0.29) is 0 Å². The number of rotatable bonds is 4. The van der Waals surface area contributed by atoms with E-state index in [2.05, 4.69) is 58.4 Å². The maximum absolute atomic E-state index is 9.07. The summed E-state index contributed by atoms with van der Waals surface area (Å²) in [5.74, 6) is 0.837. The second kappa shape index (κ2) is 6.93. The van der Waals surface area contributed by atoms with Crippen LogP contribution in [-0.4, -0.2) is 15.0 Å². The summed E-state index contributed by atoms with van der Waals surface area (Å²) in [7, 11) is 0. The summed E-state index contributed by atoms with van der Waals surface area (Å²) in [5.41, 5.74) is 6.84. The predicted octanol–water partition coefficient (Wildman–Crippen LogP) is 4.73. The number of imidazole rings is 1. The van der Waals surface area contributed by atoms with Crippen molar-refractivity contribution < 1.29 is 0 Å². The predicted molar refractivity (Wildman–Crippen MR) is 107 cm³/mol. The minimum atomic E-state index is 0.575. The lowest BCUT2D eigenvalue weighted by molar-refractivity contribution is 0.999. The summed E-state index contributed by atoms with van der Waals surface area (Å²) in [5, 5.41) is 13.7. The average molecular weight is 353 g/mol. The molecule has 0 unspecified atom stereocenters. The number of pyridine rings is 1.